The van der Waals surface area contributed by atoms with Crippen LogP contribution in [0.1, 0.15) is 39.0 Å². The largest absolute Gasteiger partial charge is 0.387 e. The lowest BCUT2D eigenvalue weighted by atomic mass is 9.98. The number of carbonyl (C=O) groups excluding carboxylic acids is 1. The Balaban J connectivity index is 2.24. The molecule has 0 aromatic carbocycles. The number of aliphatic hydroxyl groups excluding tert-OH is 1. The average molecular weight is 263 g/mol. The van der Waals surface area contributed by atoms with Crippen LogP contribution in [0, 0.1) is 0 Å². The first kappa shape index (κ1) is 13.8. The lowest BCUT2D eigenvalue weighted by Gasteiger charge is -2.42. The van der Waals surface area contributed by atoms with Crippen molar-refractivity contribution >= 4 is 11.6 Å². The van der Waals surface area contributed by atoms with E-state index in [4.69, 9.17) is 0 Å². The van der Waals surface area contributed by atoms with Gasteiger partial charge in [0.1, 0.15) is 5.54 Å². The lowest BCUT2D eigenvalue weighted by molar-refractivity contribution is -0.126. The summed E-state index contributed by atoms with van der Waals surface area (Å²) in [5.41, 5.74) is 1.00. The normalized spacial score (nSPS) is 20.0. The highest BCUT2D eigenvalue weighted by Crippen LogP contribution is 2.26. The SMILES string of the molecule is CC[C@H](O)c1ccc(N2CCNC(=O)C2(C)C)cn1. The second kappa shape index (κ2) is 5.17. The van der Waals surface area contributed by atoms with Gasteiger partial charge in [0.05, 0.1) is 23.7 Å². The summed E-state index contributed by atoms with van der Waals surface area (Å²) in [6.07, 6.45) is 1.85. The number of aliphatic hydroxyl groups is 1. The highest BCUT2D eigenvalue weighted by Gasteiger charge is 2.37. The van der Waals surface area contributed by atoms with Crippen LogP contribution in [0.4, 0.5) is 5.69 Å². The molecule has 5 heteroatoms. The molecule has 2 heterocycles. The number of aromatic nitrogens is 1. The molecule has 1 aromatic heterocycles. The number of piperazine rings is 1. The van der Waals surface area contributed by atoms with Gasteiger partial charge in [-0.3, -0.25) is 9.78 Å². The second-order valence-electron chi connectivity index (χ2n) is 5.33. The predicted molar refractivity (Wildman–Crippen MR) is 73.9 cm³/mol. The van der Waals surface area contributed by atoms with Gasteiger partial charge < -0.3 is 15.3 Å². The Morgan fingerprint density at radius 1 is 1.53 bits per heavy atom. The molecule has 2 N–H and O–H groups in total. The number of nitrogens with one attached hydrogen (secondary N) is 1. The average Bonchev–Trinajstić information content (AvgIpc) is 2.41. The Morgan fingerprint density at radius 2 is 2.26 bits per heavy atom. The van der Waals surface area contributed by atoms with Crippen molar-refractivity contribution in [1.29, 1.82) is 0 Å². The van der Waals surface area contributed by atoms with Gasteiger partial charge in [0.2, 0.25) is 5.91 Å². The van der Waals surface area contributed by atoms with E-state index >= 15 is 0 Å². The fourth-order valence-corrected chi connectivity index (χ4v) is 2.31. The molecule has 104 valence electrons. The maximum absolute atomic E-state index is 11.9. The van der Waals surface area contributed by atoms with Crippen LogP contribution in [-0.2, 0) is 4.79 Å². The Hall–Kier alpha value is -1.62. The van der Waals surface area contributed by atoms with Crippen molar-refractivity contribution in [3.8, 4) is 0 Å². The maximum atomic E-state index is 11.9. The van der Waals surface area contributed by atoms with Crippen molar-refractivity contribution in [2.24, 2.45) is 0 Å². The summed E-state index contributed by atoms with van der Waals surface area (Å²) < 4.78 is 0. The molecule has 0 spiro atoms. The summed E-state index contributed by atoms with van der Waals surface area (Å²) in [6.45, 7) is 7.11. The van der Waals surface area contributed by atoms with E-state index in [0.29, 0.717) is 18.7 Å². The number of rotatable bonds is 3. The fourth-order valence-electron chi connectivity index (χ4n) is 2.31. The minimum absolute atomic E-state index is 0.0245. The minimum Gasteiger partial charge on any atom is -0.387 e. The topological polar surface area (TPSA) is 65.5 Å². The standard InChI is InChI=1S/C14H21N3O2/c1-4-12(18)11-6-5-10(9-16-11)17-8-7-15-13(19)14(17,2)3/h5-6,9,12,18H,4,7-8H2,1-3H3,(H,15,19)/t12-/m0/s1. The summed E-state index contributed by atoms with van der Waals surface area (Å²) >= 11 is 0. The van der Waals surface area contributed by atoms with Crippen LogP contribution in [0.2, 0.25) is 0 Å². The second-order valence-corrected chi connectivity index (χ2v) is 5.33. The summed E-state index contributed by atoms with van der Waals surface area (Å²) in [5.74, 6) is 0.0245. The van der Waals surface area contributed by atoms with Crippen molar-refractivity contribution in [3.63, 3.8) is 0 Å². The molecule has 1 fully saturated rings. The Labute approximate surface area is 113 Å². The molecule has 0 aliphatic carbocycles. The van der Waals surface area contributed by atoms with Gasteiger partial charge in [-0.05, 0) is 32.4 Å². The maximum Gasteiger partial charge on any atom is 0.245 e. The quantitative estimate of drug-likeness (QED) is 0.861. The molecule has 2 rings (SSSR count). The number of hydrogen-bond acceptors (Lipinski definition) is 4. The number of anilines is 1. The summed E-state index contributed by atoms with van der Waals surface area (Å²) in [4.78, 5) is 18.2. The molecule has 0 saturated carbocycles. The number of pyridine rings is 1. The summed E-state index contributed by atoms with van der Waals surface area (Å²) in [5, 5.41) is 12.6. The third-order valence-electron chi connectivity index (χ3n) is 3.66. The van der Waals surface area contributed by atoms with Crippen molar-refractivity contribution in [2.45, 2.75) is 38.8 Å². The zero-order valence-corrected chi connectivity index (χ0v) is 11.7. The van der Waals surface area contributed by atoms with E-state index < -0.39 is 11.6 Å². The Bertz CT molecular complexity index is 456. The molecule has 1 amide bonds. The van der Waals surface area contributed by atoms with Gasteiger partial charge in [-0.15, -0.1) is 0 Å². The molecule has 0 radical (unpaired) electrons. The monoisotopic (exact) mass is 263 g/mol. The van der Waals surface area contributed by atoms with Crippen molar-refractivity contribution in [1.82, 2.24) is 10.3 Å². The molecular formula is C14H21N3O2. The summed E-state index contributed by atoms with van der Waals surface area (Å²) in [6, 6.07) is 3.74. The van der Waals surface area contributed by atoms with Crippen LogP contribution < -0.4 is 10.2 Å². The van der Waals surface area contributed by atoms with Crippen LogP contribution in [0.3, 0.4) is 0 Å². The summed E-state index contributed by atoms with van der Waals surface area (Å²) in [7, 11) is 0. The third-order valence-corrected chi connectivity index (χ3v) is 3.66. The van der Waals surface area contributed by atoms with Crippen LogP contribution >= 0.6 is 0 Å². The van der Waals surface area contributed by atoms with Gasteiger partial charge in [-0.1, -0.05) is 6.92 Å². The minimum atomic E-state index is -0.579. The first-order valence-electron chi connectivity index (χ1n) is 6.66. The molecule has 1 saturated heterocycles. The van der Waals surface area contributed by atoms with E-state index in [2.05, 4.69) is 10.3 Å². The van der Waals surface area contributed by atoms with Gasteiger partial charge in [0.15, 0.2) is 0 Å². The fraction of sp³-hybridized carbons (Fsp3) is 0.571. The first-order chi connectivity index (χ1) is 8.96. The van der Waals surface area contributed by atoms with E-state index in [9.17, 15) is 9.90 Å². The smallest absolute Gasteiger partial charge is 0.245 e. The molecule has 1 aliphatic rings. The zero-order valence-electron chi connectivity index (χ0n) is 11.7. The van der Waals surface area contributed by atoms with E-state index in [0.717, 1.165) is 12.2 Å². The van der Waals surface area contributed by atoms with Gasteiger partial charge in [0.25, 0.3) is 0 Å². The van der Waals surface area contributed by atoms with E-state index in [-0.39, 0.29) is 5.91 Å². The number of amides is 1. The van der Waals surface area contributed by atoms with Gasteiger partial charge in [-0.25, -0.2) is 0 Å². The van der Waals surface area contributed by atoms with Crippen molar-refractivity contribution < 1.29 is 9.90 Å². The molecule has 0 bridgehead atoms. The first-order valence-corrected chi connectivity index (χ1v) is 6.66. The number of nitrogens with zero attached hydrogens (tertiary/aromatic N) is 2. The van der Waals surface area contributed by atoms with Crippen LogP contribution in [0.5, 0.6) is 0 Å². The van der Waals surface area contributed by atoms with Gasteiger partial charge >= 0.3 is 0 Å². The molecule has 1 aliphatic heterocycles. The highest BCUT2D eigenvalue weighted by atomic mass is 16.3. The van der Waals surface area contributed by atoms with Crippen molar-refractivity contribution in [3.05, 3.63) is 24.0 Å². The molecule has 19 heavy (non-hydrogen) atoms. The Kier molecular flexibility index (Phi) is 3.75. The zero-order chi connectivity index (χ0) is 14.0. The molecule has 0 unspecified atom stereocenters. The lowest BCUT2D eigenvalue weighted by Crippen LogP contribution is -2.62. The van der Waals surface area contributed by atoms with Crippen LogP contribution in [-0.4, -0.2) is 34.6 Å². The van der Waals surface area contributed by atoms with E-state index in [1.54, 1.807) is 6.20 Å². The van der Waals surface area contributed by atoms with E-state index in [1.165, 1.54) is 0 Å². The molecule has 1 atom stereocenters. The van der Waals surface area contributed by atoms with Crippen LogP contribution in [0.15, 0.2) is 18.3 Å². The third kappa shape index (κ3) is 2.56. The van der Waals surface area contributed by atoms with Crippen molar-refractivity contribution in [2.75, 3.05) is 18.0 Å². The van der Waals surface area contributed by atoms with E-state index in [1.807, 2.05) is 37.8 Å². The van der Waals surface area contributed by atoms with Gasteiger partial charge in [0, 0.05) is 13.1 Å². The molecule has 1 aromatic rings. The molecular weight excluding hydrogens is 242 g/mol. The van der Waals surface area contributed by atoms with Gasteiger partial charge in [-0.2, -0.15) is 0 Å². The highest BCUT2D eigenvalue weighted by molar-refractivity contribution is 5.90. The Morgan fingerprint density at radius 3 is 2.84 bits per heavy atom. The number of hydrogen-bond donors (Lipinski definition) is 2. The predicted octanol–water partition coefficient (Wildman–Crippen LogP) is 1.24. The van der Waals surface area contributed by atoms with Crippen LogP contribution in [0.25, 0.3) is 0 Å². The molecule has 5 nitrogen and oxygen atoms in total. The number of carbonyl (C=O) groups is 1.